The number of benzene rings is 2. The minimum atomic E-state index is -0.734. The third-order valence-corrected chi connectivity index (χ3v) is 5.74. The first kappa shape index (κ1) is 23.5. The first-order valence-electron chi connectivity index (χ1n) is 11.0. The Morgan fingerprint density at radius 2 is 1.69 bits per heavy atom. The number of hydrogen-bond acceptors (Lipinski definition) is 5. The topological polar surface area (TPSA) is 113 Å². The van der Waals surface area contributed by atoms with E-state index in [4.69, 9.17) is 14.9 Å². The first-order valence-corrected chi connectivity index (χ1v) is 11.0. The van der Waals surface area contributed by atoms with Gasteiger partial charge in [0.1, 0.15) is 5.75 Å². The number of nitrogens with one attached hydrogen (secondary N) is 1. The van der Waals surface area contributed by atoms with E-state index in [2.05, 4.69) is 5.32 Å². The van der Waals surface area contributed by atoms with E-state index in [-0.39, 0.29) is 30.3 Å². The largest absolute Gasteiger partial charge is 0.490 e. The Labute approximate surface area is 187 Å². The molecular formula is C25H29NO6. The predicted octanol–water partition coefficient (Wildman–Crippen LogP) is 3.59. The quantitative estimate of drug-likeness (QED) is 0.385. The highest BCUT2D eigenvalue weighted by atomic mass is 16.5. The molecule has 0 aliphatic heterocycles. The summed E-state index contributed by atoms with van der Waals surface area (Å²) in [5.74, 6) is -0.563. The van der Waals surface area contributed by atoms with Crippen LogP contribution in [0.2, 0.25) is 0 Å². The molecule has 1 aliphatic rings. The summed E-state index contributed by atoms with van der Waals surface area (Å²) in [7, 11) is 0. The van der Waals surface area contributed by atoms with Gasteiger partial charge in [-0.05, 0) is 74.1 Å². The third-order valence-electron chi connectivity index (χ3n) is 5.74. The summed E-state index contributed by atoms with van der Waals surface area (Å²) >= 11 is 0. The Balaban J connectivity index is 1.39. The average Bonchev–Trinajstić information content (AvgIpc) is 2.82. The fraction of sp³-hybridized carbons (Fsp3) is 0.400. The maximum Gasteiger partial charge on any atom is 0.306 e. The molecule has 1 amide bonds. The predicted molar refractivity (Wildman–Crippen MR) is 119 cm³/mol. The van der Waals surface area contributed by atoms with Crippen LogP contribution in [0.25, 0.3) is 0 Å². The van der Waals surface area contributed by atoms with Crippen LogP contribution < -0.4 is 10.1 Å². The zero-order chi connectivity index (χ0) is 22.9. The molecule has 0 heterocycles. The third kappa shape index (κ3) is 6.65. The molecule has 0 spiro atoms. The van der Waals surface area contributed by atoms with Crippen LogP contribution in [0.5, 0.6) is 5.75 Å². The second-order valence-electron chi connectivity index (χ2n) is 8.10. The van der Waals surface area contributed by atoms with Crippen molar-refractivity contribution in [3.63, 3.8) is 0 Å². The molecule has 0 saturated heterocycles. The van der Waals surface area contributed by atoms with E-state index < -0.39 is 5.97 Å². The number of ether oxygens (including phenoxy) is 1. The zero-order valence-electron chi connectivity index (χ0n) is 18.0. The second kappa shape index (κ2) is 11.4. The van der Waals surface area contributed by atoms with Gasteiger partial charge in [-0.15, -0.1) is 0 Å². The monoisotopic (exact) mass is 439 g/mol. The lowest BCUT2D eigenvalue weighted by molar-refractivity contribution is -0.143. The Hall–Kier alpha value is -3.19. The number of carbonyl (C=O) groups is 3. The van der Waals surface area contributed by atoms with Crippen molar-refractivity contribution in [1.29, 1.82) is 0 Å². The molecule has 170 valence electrons. The first-order chi connectivity index (χ1) is 15.5. The van der Waals surface area contributed by atoms with Crippen LogP contribution in [0.3, 0.4) is 0 Å². The number of Topliss-reactive ketones (excluding diaryl/α,β-unsaturated/α-hetero) is 1. The molecule has 2 aromatic carbocycles. The Bertz CT molecular complexity index is 932. The second-order valence-corrected chi connectivity index (χ2v) is 8.10. The number of carbonyl (C=O) groups excluding carboxylic acids is 2. The van der Waals surface area contributed by atoms with Gasteiger partial charge in [0.25, 0.3) is 5.91 Å². The number of amides is 1. The van der Waals surface area contributed by atoms with Gasteiger partial charge in [-0.3, -0.25) is 14.4 Å². The van der Waals surface area contributed by atoms with Gasteiger partial charge in [0.15, 0.2) is 5.78 Å². The van der Waals surface area contributed by atoms with Gasteiger partial charge in [0.2, 0.25) is 0 Å². The number of aliphatic hydroxyl groups excluding tert-OH is 1. The van der Waals surface area contributed by atoms with E-state index in [1.807, 2.05) is 0 Å². The summed E-state index contributed by atoms with van der Waals surface area (Å²) in [6, 6.07) is 13.8. The number of ketones is 1. The van der Waals surface area contributed by atoms with Crippen molar-refractivity contribution >= 4 is 17.7 Å². The van der Waals surface area contributed by atoms with Crippen molar-refractivity contribution in [2.45, 2.75) is 51.2 Å². The van der Waals surface area contributed by atoms with E-state index >= 15 is 0 Å². The van der Waals surface area contributed by atoms with Gasteiger partial charge in [-0.25, -0.2) is 0 Å². The van der Waals surface area contributed by atoms with Crippen molar-refractivity contribution in [2.24, 2.45) is 5.92 Å². The standard InChI is InChI=1S/C25H29NO6/c27-16-17-3-1-4-20(15-17)24(29)26-14-2-5-23(28)18-6-10-21(11-7-18)32-22-12-8-19(9-13-22)25(30)31/h1,3-4,6-7,10-11,15,19,22,27H,2,5,8-9,12-14,16H2,(H,26,29)(H,30,31). The lowest BCUT2D eigenvalue weighted by Gasteiger charge is -2.26. The number of aliphatic hydroxyl groups is 1. The van der Waals surface area contributed by atoms with Gasteiger partial charge in [-0.2, -0.15) is 0 Å². The number of hydrogen-bond donors (Lipinski definition) is 3. The molecule has 0 atom stereocenters. The molecule has 7 heteroatoms. The molecule has 1 aliphatic carbocycles. The highest BCUT2D eigenvalue weighted by Gasteiger charge is 2.26. The molecule has 0 unspecified atom stereocenters. The fourth-order valence-corrected chi connectivity index (χ4v) is 3.85. The van der Waals surface area contributed by atoms with Gasteiger partial charge >= 0.3 is 5.97 Å². The Morgan fingerprint density at radius 1 is 0.969 bits per heavy atom. The van der Waals surface area contributed by atoms with Crippen LogP contribution in [-0.4, -0.2) is 40.5 Å². The van der Waals surface area contributed by atoms with Crippen molar-refractivity contribution in [3.8, 4) is 5.75 Å². The van der Waals surface area contributed by atoms with Crippen molar-refractivity contribution in [3.05, 3.63) is 65.2 Å². The highest BCUT2D eigenvalue weighted by Crippen LogP contribution is 2.28. The lowest BCUT2D eigenvalue weighted by atomic mass is 9.87. The van der Waals surface area contributed by atoms with Gasteiger partial charge in [0, 0.05) is 24.1 Å². The zero-order valence-corrected chi connectivity index (χ0v) is 18.0. The van der Waals surface area contributed by atoms with Crippen molar-refractivity contribution in [1.82, 2.24) is 5.32 Å². The average molecular weight is 440 g/mol. The van der Waals surface area contributed by atoms with Crippen LogP contribution in [0.4, 0.5) is 0 Å². The molecule has 0 radical (unpaired) electrons. The summed E-state index contributed by atoms with van der Waals surface area (Å²) in [5, 5.41) is 21.0. The maximum absolute atomic E-state index is 12.4. The smallest absolute Gasteiger partial charge is 0.306 e. The minimum Gasteiger partial charge on any atom is -0.490 e. The summed E-state index contributed by atoms with van der Waals surface area (Å²) in [5.41, 5.74) is 1.75. The van der Waals surface area contributed by atoms with Gasteiger partial charge < -0.3 is 20.3 Å². The van der Waals surface area contributed by atoms with Gasteiger partial charge in [0.05, 0.1) is 18.6 Å². The van der Waals surface area contributed by atoms with E-state index in [9.17, 15) is 14.4 Å². The summed E-state index contributed by atoms with van der Waals surface area (Å²) in [6.45, 7) is 0.263. The van der Waals surface area contributed by atoms with Crippen LogP contribution in [-0.2, 0) is 11.4 Å². The summed E-state index contributed by atoms with van der Waals surface area (Å²) in [6.07, 6.45) is 3.53. The number of rotatable bonds is 10. The Morgan fingerprint density at radius 3 is 2.34 bits per heavy atom. The number of aliphatic carboxylic acids is 1. The number of carboxylic acids is 1. The molecule has 32 heavy (non-hydrogen) atoms. The highest BCUT2D eigenvalue weighted by molar-refractivity contribution is 5.96. The van der Waals surface area contributed by atoms with E-state index in [0.29, 0.717) is 67.5 Å². The lowest BCUT2D eigenvalue weighted by Crippen LogP contribution is -2.27. The summed E-state index contributed by atoms with van der Waals surface area (Å²) in [4.78, 5) is 35.6. The van der Waals surface area contributed by atoms with E-state index in [0.717, 1.165) is 0 Å². The molecule has 3 N–H and O–H groups in total. The molecular weight excluding hydrogens is 410 g/mol. The van der Waals surface area contributed by atoms with Gasteiger partial charge in [-0.1, -0.05) is 12.1 Å². The molecule has 1 saturated carbocycles. The molecule has 7 nitrogen and oxygen atoms in total. The van der Waals surface area contributed by atoms with E-state index in [1.165, 1.54) is 0 Å². The fourth-order valence-electron chi connectivity index (χ4n) is 3.85. The molecule has 1 fully saturated rings. The maximum atomic E-state index is 12.4. The van der Waals surface area contributed by atoms with Crippen LogP contribution in [0.15, 0.2) is 48.5 Å². The van der Waals surface area contributed by atoms with Crippen molar-refractivity contribution < 1.29 is 29.3 Å². The van der Waals surface area contributed by atoms with Crippen LogP contribution >= 0.6 is 0 Å². The molecule has 2 aromatic rings. The van der Waals surface area contributed by atoms with Crippen LogP contribution in [0, 0.1) is 5.92 Å². The molecule has 0 bridgehead atoms. The number of carboxylic acid groups (broad SMARTS) is 1. The Kier molecular flexibility index (Phi) is 8.39. The van der Waals surface area contributed by atoms with Crippen molar-refractivity contribution in [2.75, 3.05) is 6.54 Å². The SMILES string of the molecule is O=C(CCCNC(=O)c1cccc(CO)c1)c1ccc(OC2CCC(C(=O)O)CC2)cc1. The van der Waals surface area contributed by atoms with E-state index in [1.54, 1.807) is 48.5 Å². The summed E-state index contributed by atoms with van der Waals surface area (Å²) < 4.78 is 5.93. The molecule has 0 aromatic heterocycles. The minimum absolute atomic E-state index is 0.00459. The molecule has 3 rings (SSSR count). The normalized spacial score (nSPS) is 18.0. The van der Waals surface area contributed by atoms with Crippen LogP contribution in [0.1, 0.15) is 64.8 Å².